The van der Waals surface area contributed by atoms with Crippen molar-refractivity contribution in [3.05, 3.63) is 59.7 Å². The maximum absolute atomic E-state index is 13.0. The van der Waals surface area contributed by atoms with Crippen LogP contribution in [0.4, 0.5) is 0 Å². The van der Waals surface area contributed by atoms with E-state index >= 15 is 0 Å². The third-order valence-corrected chi connectivity index (χ3v) is 5.53. The minimum Gasteiger partial charge on any atom is -0.493 e. The summed E-state index contributed by atoms with van der Waals surface area (Å²) in [5.74, 6) is 0.898. The lowest BCUT2D eigenvalue weighted by Gasteiger charge is -2.26. The summed E-state index contributed by atoms with van der Waals surface area (Å²) in [7, 11) is 4.93. The van der Waals surface area contributed by atoms with Crippen LogP contribution in [-0.2, 0) is 16.1 Å². The molecule has 2 amide bonds. The van der Waals surface area contributed by atoms with Crippen molar-refractivity contribution in [1.82, 2.24) is 9.80 Å². The van der Waals surface area contributed by atoms with Gasteiger partial charge in [0.1, 0.15) is 0 Å². The second-order valence-corrected chi connectivity index (χ2v) is 7.38. The molecule has 1 aliphatic heterocycles. The van der Waals surface area contributed by atoms with Crippen molar-refractivity contribution >= 4 is 11.8 Å². The molecule has 1 fully saturated rings. The highest BCUT2D eigenvalue weighted by Crippen LogP contribution is 2.33. The first-order valence-electron chi connectivity index (χ1n) is 9.75. The van der Waals surface area contributed by atoms with Crippen molar-refractivity contribution in [2.75, 3.05) is 27.8 Å². The molecule has 6 heteroatoms. The Morgan fingerprint density at radius 1 is 1.14 bits per heavy atom. The molecule has 2 aromatic carbocycles. The second kappa shape index (κ2) is 8.99. The van der Waals surface area contributed by atoms with Gasteiger partial charge in [-0.25, -0.2) is 0 Å². The molecule has 1 heterocycles. The average Bonchev–Trinajstić information content (AvgIpc) is 3.14. The highest BCUT2D eigenvalue weighted by atomic mass is 16.5. The minimum atomic E-state index is -0.338. The molecule has 0 radical (unpaired) electrons. The average molecular weight is 396 g/mol. The lowest BCUT2D eigenvalue weighted by molar-refractivity contribution is -0.135. The Morgan fingerprint density at radius 3 is 2.52 bits per heavy atom. The van der Waals surface area contributed by atoms with Gasteiger partial charge in [0.15, 0.2) is 11.5 Å². The maximum Gasteiger partial charge on any atom is 0.228 e. The minimum absolute atomic E-state index is 0.0204. The van der Waals surface area contributed by atoms with Crippen LogP contribution in [0.2, 0.25) is 0 Å². The summed E-state index contributed by atoms with van der Waals surface area (Å²) in [6.07, 6.45) is 0.246. The molecule has 1 saturated heterocycles. The van der Waals surface area contributed by atoms with Crippen molar-refractivity contribution in [2.45, 2.75) is 25.9 Å². The molecule has 0 bridgehead atoms. The van der Waals surface area contributed by atoms with Crippen LogP contribution in [0.25, 0.3) is 0 Å². The van der Waals surface area contributed by atoms with Gasteiger partial charge in [-0.3, -0.25) is 9.59 Å². The van der Waals surface area contributed by atoms with Crippen molar-refractivity contribution in [2.24, 2.45) is 5.92 Å². The van der Waals surface area contributed by atoms with Crippen molar-refractivity contribution < 1.29 is 19.1 Å². The molecule has 2 atom stereocenters. The van der Waals surface area contributed by atoms with Crippen LogP contribution < -0.4 is 9.47 Å². The van der Waals surface area contributed by atoms with E-state index in [0.29, 0.717) is 24.6 Å². The highest BCUT2D eigenvalue weighted by Gasteiger charge is 2.38. The number of para-hydroxylation sites is 1. The number of amides is 2. The molecule has 154 valence electrons. The fourth-order valence-corrected chi connectivity index (χ4v) is 3.91. The summed E-state index contributed by atoms with van der Waals surface area (Å²) in [4.78, 5) is 29.1. The topological polar surface area (TPSA) is 59.1 Å². The molecule has 0 N–H and O–H groups in total. The Kier molecular flexibility index (Phi) is 6.42. The van der Waals surface area contributed by atoms with Gasteiger partial charge in [-0.2, -0.15) is 0 Å². The number of carbonyl (C=O) groups is 2. The summed E-state index contributed by atoms with van der Waals surface area (Å²) in [6.45, 7) is 2.83. The van der Waals surface area contributed by atoms with Gasteiger partial charge < -0.3 is 19.3 Å². The molecular weight excluding hydrogens is 368 g/mol. The highest BCUT2D eigenvalue weighted by molar-refractivity contribution is 5.89. The van der Waals surface area contributed by atoms with Crippen molar-refractivity contribution in [3.63, 3.8) is 0 Å². The quantitative estimate of drug-likeness (QED) is 0.721. The van der Waals surface area contributed by atoms with Gasteiger partial charge >= 0.3 is 0 Å². The fourth-order valence-electron chi connectivity index (χ4n) is 3.91. The molecule has 2 aromatic rings. The number of carbonyl (C=O) groups excluding carboxylic acids is 2. The van der Waals surface area contributed by atoms with Crippen LogP contribution in [0.3, 0.4) is 0 Å². The van der Waals surface area contributed by atoms with Gasteiger partial charge in [0, 0.05) is 32.1 Å². The van der Waals surface area contributed by atoms with Crippen LogP contribution in [0.5, 0.6) is 11.5 Å². The van der Waals surface area contributed by atoms with E-state index < -0.39 is 0 Å². The molecule has 3 rings (SSSR count). The van der Waals surface area contributed by atoms with Crippen LogP contribution in [0, 0.1) is 5.92 Å². The van der Waals surface area contributed by atoms with E-state index in [2.05, 4.69) is 0 Å². The van der Waals surface area contributed by atoms with Crippen molar-refractivity contribution in [1.29, 1.82) is 0 Å². The lowest BCUT2D eigenvalue weighted by atomic mass is 10.1. The van der Waals surface area contributed by atoms with E-state index in [4.69, 9.17) is 9.47 Å². The zero-order chi connectivity index (χ0) is 21.0. The Hall–Kier alpha value is -3.02. The summed E-state index contributed by atoms with van der Waals surface area (Å²) >= 11 is 0. The van der Waals surface area contributed by atoms with Gasteiger partial charge in [-0.1, -0.05) is 42.5 Å². The van der Waals surface area contributed by atoms with Crippen LogP contribution in [0.1, 0.15) is 30.5 Å². The van der Waals surface area contributed by atoms with E-state index in [9.17, 15) is 9.59 Å². The first-order valence-corrected chi connectivity index (χ1v) is 9.75. The van der Waals surface area contributed by atoms with Crippen LogP contribution >= 0.6 is 0 Å². The smallest absolute Gasteiger partial charge is 0.228 e. The normalized spacial score (nSPS) is 17.2. The molecule has 0 saturated carbocycles. The van der Waals surface area contributed by atoms with E-state index in [0.717, 1.165) is 11.1 Å². The summed E-state index contributed by atoms with van der Waals surface area (Å²) in [5, 5.41) is 0. The van der Waals surface area contributed by atoms with Gasteiger partial charge in [-0.15, -0.1) is 0 Å². The number of ether oxygens (including phenoxy) is 2. The predicted molar refractivity (Wildman–Crippen MR) is 111 cm³/mol. The molecule has 6 nitrogen and oxygen atoms in total. The van der Waals surface area contributed by atoms with Crippen LogP contribution in [-0.4, -0.2) is 49.4 Å². The summed E-state index contributed by atoms with van der Waals surface area (Å²) in [5.41, 5.74) is 1.94. The first-order chi connectivity index (χ1) is 14.0. The van der Waals surface area contributed by atoms with Gasteiger partial charge in [0.2, 0.25) is 11.8 Å². The monoisotopic (exact) mass is 396 g/mol. The lowest BCUT2D eigenvalue weighted by Crippen LogP contribution is -2.35. The number of hydrogen-bond donors (Lipinski definition) is 0. The van der Waals surface area contributed by atoms with Crippen molar-refractivity contribution in [3.8, 4) is 11.5 Å². The Morgan fingerprint density at radius 2 is 1.86 bits per heavy atom. The Balaban J connectivity index is 1.69. The molecule has 0 spiro atoms. The largest absolute Gasteiger partial charge is 0.493 e. The SMILES string of the molecule is COc1cccc(CN(C)C(=O)[C@H]2CC(=O)N([C@@H](C)c3ccccc3)C2)c1OC. The Labute approximate surface area is 172 Å². The zero-order valence-corrected chi connectivity index (χ0v) is 17.4. The molecule has 29 heavy (non-hydrogen) atoms. The van der Waals surface area contributed by atoms with E-state index in [-0.39, 0.29) is 30.2 Å². The molecule has 0 aromatic heterocycles. The van der Waals surface area contributed by atoms with Crippen LogP contribution in [0.15, 0.2) is 48.5 Å². The third-order valence-electron chi connectivity index (χ3n) is 5.53. The first kappa shape index (κ1) is 20.7. The molecule has 1 aliphatic rings. The Bertz CT molecular complexity index is 868. The maximum atomic E-state index is 13.0. The van der Waals surface area contributed by atoms with E-state index in [1.807, 2.05) is 55.5 Å². The third kappa shape index (κ3) is 4.36. The molecule has 0 aliphatic carbocycles. The number of likely N-dealkylation sites (tertiary alicyclic amines) is 1. The van der Waals surface area contributed by atoms with E-state index in [1.54, 1.807) is 31.1 Å². The van der Waals surface area contributed by atoms with Gasteiger partial charge in [0.05, 0.1) is 26.2 Å². The number of benzene rings is 2. The summed E-state index contributed by atoms with van der Waals surface area (Å²) < 4.78 is 10.8. The van der Waals surface area contributed by atoms with Gasteiger partial charge in [-0.05, 0) is 18.6 Å². The van der Waals surface area contributed by atoms with E-state index in [1.165, 1.54) is 0 Å². The number of rotatable bonds is 7. The number of methoxy groups -OCH3 is 2. The standard InChI is InChI=1S/C23H28N2O4/c1-16(17-9-6-5-7-10-17)25-15-19(13-21(25)26)23(27)24(2)14-18-11-8-12-20(28-3)22(18)29-4/h5-12,16,19H,13-15H2,1-4H3/t16-,19-/m0/s1. The number of nitrogens with zero attached hydrogens (tertiary/aromatic N) is 2. The fraction of sp³-hybridized carbons (Fsp3) is 0.391. The number of hydrogen-bond acceptors (Lipinski definition) is 4. The molecular formula is C23H28N2O4. The molecule has 0 unspecified atom stereocenters. The zero-order valence-electron chi connectivity index (χ0n) is 17.4. The second-order valence-electron chi connectivity index (χ2n) is 7.38. The van der Waals surface area contributed by atoms with Gasteiger partial charge in [0.25, 0.3) is 0 Å². The summed E-state index contributed by atoms with van der Waals surface area (Å²) in [6, 6.07) is 15.5. The predicted octanol–water partition coefficient (Wildman–Crippen LogP) is 3.27.